The van der Waals surface area contributed by atoms with E-state index in [1.165, 1.54) is 37.4 Å². The van der Waals surface area contributed by atoms with Gasteiger partial charge in [-0.3, -0.25) is 14.2 Å². The largest absolute Gasteiger partial charge is 0.383 e. The van der Waals surface area contributed by atoms with E-state index in [1.807, 2.05) is 0 Å². The van der Waals surface area contributed by atoms with Crippen LogP contribution in [0.4, 0.5) is 0 Å². The SMILES string of the molecule is COCCn1c(SCC(=O)NC(C)C2CC3CCC2C3)nc2cc(Cl)ccc2c1=O. The van der Waals surface area contributed by atoms with Crippen LogP contribution in [0.1, 0.15) is 32.6 Å². The van der Waals surface area contributed by atoms with Crippen molar-refractivity contribution in [1.29, 1.82) is 0 Å². The molecule has 4 rings (SSSR count). The number of nitrogens with zero attached hydrogens (tertiary/aromatic N) is 2. The third-order valence-corrected chi connectivity index (χ3v) is 7.77. The molecule has 162 valence electrons. The molecule has 8 heteroatoms. The first-order chi connectivity index (χ1) is 14.5. The molecule has 2 aromatic rings. The smallest absolute Gasteiger partial charge is 0.262 e. The summed E-state index contributed by atoms with van der Waals surface area (Å²) in [6.07, 6.45) is 5.23. The van der Waals surface area contributed by atoms with E-state index >= 15 is 0 Å². The van der Waals surface area contributed by atoms with Crippen molar-refractivity contribution in [3.8, 4) is 0 Å². The Balaban J connectivity index is 1.46. The second kappa shape index (κ2) is 9.28. The van der Waals surface area contributed by atoms with Crippen LogP contribution in [0.2, 0.25) is 5.02 Å². The first kappa shape index (κ1) is 21.7. The van der Waals surface area contributed by atoms with E-state index in [0.717, 1.165) is 11.8 Å². The minimum Gasteiger partial charge on any atom is -0.383 e. The Hall–Kier alpha value is -1.57. The lowest BCUT2D eigenvalue weighted by Gasteiger charge is -2.28. The molecule has 1 heterocycles. The Kier molecular flexibility index (Phi) is 6.70. The van der Waals surface area contributed by atoms with Gasteiger partial charge in [0.1, 0.15) is 0 Å². The van der Waals surface area contributed by atoms with Crippen molar-refractivity contribution in [3.05, 3.63) is 33.6 Å². The summed E-state index contributed by atoms with van der Waals surface area (Å²) in [5.41, 5.74) is 0.395. The van der Waals surface area contributed by atoms with Gasteiger partial charge in [-0.2, -0.15) is 0 Å². The summed E-state index contributed by atoms with van der Waals surface area (Å²) >= 11 is 7.36. The van der Waals surface area contributed by atoms with Gasteiger partial charge in [-0.1, -0.05) is 29.8 Å². The average molecular weight is 450 g/mol. The van der Waals surface area contributed by atoms with Crippen molar-refractivity contribution in [2.45, 2.75) is 50.4 Å². The fourth-order valence-electron chi connectivity index (χ4n) is 5.10. The molecule has 2 fully saturated rings. The first-order valence-electron chi connectivity index (χ1n) is 10.6. The number of nitrogens with one attached hydrogen (secondary N) is 1. The maximum atomic E-state index is 12.9. The van der Waals surface area contributed by atoms with E-state index in [-0.39, 0.29) is 23.3 Å². The Morgan fingerprint density at radius 2 is 2.23 bits per heavy atom. The second-order valence-electron chi connectivity index (χ2n) is 8.49. The Morgan fingerprint density at radius 1 is 1.40 bits per heavy atom. The summed E-state index contributed by atoms with van der Waals surface area (Å²) in [5, 5.41) is 4.72. The molecule has 0 radical (unpaired) electrons. The van der Waals surface area contributed by atoms with Crippen LogP contribution in [0, 0.1) is 17.8 Å². The summed E-state index contributed by atoms with van der Waals surface area (Å²) in [6.45, 7) is 2.90. The third-order valence-electron chi connectivity index (χ3n) is 6.56. The minimum absolute atomic E-state index is 0.0194. The van der Waals surface area contributed by atoms with Gasteiger partial charge >= 0.3 is 0 Å². The molecule has 4 unspecified atom stereocenters. The van der Waals surface area contributed by atoms with E-state index in [4.69, 9.17) is 16.3 Å². The lowest BCUT2D eigenvalue weighted by molar-refractivity contribution is -0.119. The van der Waals surface area contributed by atoms with Gasteiger partial charge in [0.2, 0.25) is 5.91 Å². The van der Waals surface area contributed by atoms with Gasteiger partial charge < -0.3 is 10.1 Å². The third kappa shape index (κ3) is 4.53. The minimum atomic E-state index is -0.146. The molecule has 0 spiro atoms. The quantitative estimate of drug-likeness (QED) is 0.491. The summed E-state index contributed by atoms with van der Waals surface area (Å²) in [4.78, 5) is 30.2. The predicted molar refractivity (Wildman–Crippen MR) is 120 cm³/mol. The molecule has 1 aromatic heterocycles. The highest BCUT2D eigenvalue weighted by Crippen LogP contribution is 2.49. The number of hydrogen-bond acceptors (Lipinski definition) is 5. The highest BCUT2D eigenvalue weighted by Gasteiger charge is 2.42. The van der Waals surface area contributed by atoms with E-state index in [1.54, 1.807) is 29.9 Å². The van der Waals surface area contributed by atoms with Crippen molar-refractivity contribution in [1.82, 2.24) is 14.9 Å². The first-order valence-corrected chi connectivity index (χ1v) is 11.9. The van der Waals surface area contributed by atoms with Gasteiger partial charge in [-0.15, -0.1) is 0 Å². The number of benzene rings is 1. The highest BCUT2D eigenvalue weighted by molar-refractivity contribution is 7.99. The molecule has 6 nitrogen and oxygen atoms in total. The van der Waals surface area contributed by atoms with Crippen LogP contribution in [-0.2, 0) is 16.1 Å². The number of methoxy groups -OCH3 is 1. The number of amides is 1. The number of thioether (sulfide) groups is 1. The van der Waals surface area contributed by atoms with Crippen LogP contribution >= 0.6 is 23.4 Å². The lowest BCUT2D eigenvalue weighted by Crippen LogP contribution is -2.41. The van der Waals surface area contributed by atoms with Crippen molar-refractivity contribution in [2.24, 2.45) is 17.8 Å². The molecule has 1 amide bonds. The van der Waals surface area contributed by atoms with Crippen LogP contribution in [0.5, 0.6) is 0 Å². The molecule has 2 saturated carbocycles. The van der Waals surface area contributed by atoms with E-state index in [2.05, 4.69) is 17.2 Å². The van der Waals surface area contributed by atoms with Crippen molar-refractivity contribution in [2.75, 3.05) is 19.5 Å². The zero-order chi connectivity index (χ0) is 21.3. The molecule has 2 aliphatic rings. The molecule has 4 atom stereocenters. The highest BCUT2D eigenvalue weighted by atomic mass is 35.5. The number of aromatic nitrogens is 2. The maximum Gasteiger partial charge on any atom is 0.262 e. The number of halogens is 1. The van der Waals surface area contributed by atoms with Gasteiger partial charge in [-0.25, -0.2) is 4.98 Å². The van der Waals surface area contributed by atoms with Gasteiger partial charge in [0.15, 0.2) is 5.16 Å². The molecule has 2 aliphatic carbocycles. The number of rotatable bonds is 8. The molecule has 1 N–H and O–H groups in total. The van der Waals surface area contributed by atoms with Crippen LogP contribution in [-0.4, -0.2) is 41.0 Å². The van der Waals surface area contributed by atoms with Crippen molar-refractivity contribution >= 4 is 40.2 Å². The molecule has 30 heavy (non-hydrogen) atoms. The zero-order valence-corrected chi connectivity index (χ0v) is 19.0. The van der Waals surface area contributed by atoms with E-state index in [0.29, 0.717) is 40.2 Å². The van der Waals surface area contributed by atoms with E-state index in [9.17, 15) is 9.59 Å². The van der Waals surface area contributed by atoms with Crippen molar-refractivity contribution in [3.63, 3.8) is 0 Å². The molecule has 2 bridgehead atoms. The fourth-order valence-corrected chi connectivity index (χ4v) is 6.11. The van der Waals surface area contributed by atoms with Gasteiger partial charge in [0.05, 0.1) is 29.8 Å². The van der Waals surface area contributed by atoms with Crippen LogP contribution in [0.25, 0.3) is 10.9 Å². The Labute approximate surface area is 185 Å². The van der Waals surface area contributed by atoms with Gasteiger partial charge in [0, 0.05) is 18.2 Å². The standard InChI is InChI=1S/C22H28ClN3O3S/c1-13(18-10-14-3-4-15(18)9-14)24-20(27)12-30-22-25-19-11-16(23)5-6-17(19)21(28)26(22)7-8-29-2/h5-6,11,13-15,18H,3-4,7-10,12H2,1-2H3,(H,24,27). The number of carbonyl (C=O) groups excluding carboxylic acids is 1. The molecule has 1 aromatic carbocycles. The van der Waals surface area contributed by atoms with Gasteiger partial charge in [-0.05, 0) is 62.1 Å². The molecular formula is C22H28ClN3O3S. The Bertz CT molecular complexity index is 995. The summed E-state index contributed by atoms with van der Waals surface area (Å²) in [6, 6.07) is 5.24. The number of hydrogen-bond donors (Lipinski definition) is 1. The van der Waals surface area contributed by atoms with Gasteiger partial charge in [0.25, 0.3) is 5.56 Å². The molecular weight excluding hydrogens is 422 g/mol. The topological polar surface area (TPSA) is 73.2 Å². The second-order valence-corrected chi connectivity index (χ2v) is 9.87. The van der Waals surface area contributed by atoms with Crippen LogP contribution in [0.3, 0.4) is 0 Å². The zero-order valence-electron chi connectivity index (χ0n) is 17.4. The summed E-state index contributed by atoms with van der Waals surface area (Å²) < 4.78 is 6.73. The number of ether oxygens (including phenoxy) is 1. The average Bonchev–Trinajstić information content (AvgIpc) is 3.35. The number of fused-ring (bicyclic) bond motifs is 3. The predicted octanol–water partition coefficient (Wildman–Crippen LogP) is 3.73. The monoisotopic (exact) mass is 449 g/mol. The summed E-state index contributed by atoms with van der Waals surface area (Å²) in [7, 11) is 1.59. The molecule has 0 aliphatic heterocycles. The Morgan fingerprint density at radius 3 is 2.93 bits per heavy atom. The van der Waals surface area contributed by atoms with Crippen molar-refractivity contribution < 1.29 is 9.53 Å². The fraction of sp³-hybridized carbons (Fsp3) is 0.591. The maximum absolute atomic E-state index is 12.9. The van der Waals surface area contributed by atoms with E-state index < -0.39 is 0 Å². The van der Waals surface area contributed by atoms with Crippen LogP contribution < -0.4 is 10.9 Å². The normalized spacial score (nSPS) is 23.8. The summed E-state index contributed by atoms with van der Waals surface area (Å²) in [5.74, 6) is 2.42. The number of carbonyl (C=O) groups is 1. The van der Waals surface area contributed by atoms with Crippen LogP contribution in [0.15, 0.2) is 28.2 Å². The molecule has 0 saturated heterocycles. The lowest BCUT2D eigenvalue weighted by atomic mass is 9.84.